The highest BCUT2D eigenvalue weighted by Crippen LogP contribution is 2.22. The van der Waals surface area contributed by atoms with E-state index in [1.165, 1.54) is 0 Å². The Hall–Kier alpha value is -1.57. The number of piperidine rings is 1. The molecule has 7 nitrogen and oxygen atoms in total. The lowest BCUT2D eigenvalue weighted by atomic mass is 9.92. The number of likely N-dealkylation sites (tertiary alicyclic amines) is 1. The molecule has 0 bridgehead atoms. The number of carbonyl (C=O) groups excluding carboxylic acids is 1. The number of amides is 1. The van der Waals surface area contributed by atoms with E-state index in [1.807, 2.05) is 4.90 Å². The van der Waals surface area contributed by atoms with Gasteiger partial charge in [-0.3, -0.25) is 9.59 Å². The first-order chi connectivity index (χ1) is 9.88. The van der Waals surface area contributed by atoms with E-state index in [4.69, 9.17) is 5.84 Å². The lowest BCUT2D eigenvalue weighted by molar-refractivity contribution is -0.130. The molecule has 8 heteroatoms. The van der Waals surface area contributed by atoms with Crippen LogP contribution in [0.5, 0.6) is 0 Å². The second kappa shape index (κ2) is 6.46. The zero-order valence-corrected chi connectivity index (χ0v) is 13.4. The van der Waals surface area contributed by atoms with Gasteiger partial charge in [-0.05, 0) is 25.2 Å². The molecular formula is C13H21N5O2S. The van der Waals surface area contributed by atoms with Gasteiger partial charge in [-0.1, -0.05) is 25.6 Å². The van der Waals surface area contributed by atoms with Gasteiger partial charge in [0.1, 0.15) is 5.69 Å². The number of aromatic nitrogens is 3. The standard InChI is InChI=1S/C13H21N5O2S/c1-8-4-9(2)6-17(5-8)11(19)7-21-13-16-15-10(3)12(20)18(13)14/h8-9H,4-7,14H2,1-3H3/t8-,9+. The maximum atomic E-state index is 12.3. The average molecular weight is 311 g/mol. The Balaban J connectivity index is 1.98. The summed E-state index contributed by atoms with van der Waals surface area (Å²) in [6.45, 7) is 7.45. The van der Waals surface area contributed by atoms with Gasteiger partial charge in [0, 0.05) is 13.1 Å². The van der Waals surface area contributed by atoms with Crippen LogP contribution in [0.25, 0.3) is 0 Å². The van der Waals surface area contributed by atoms with Gasteiger partial charge in [0.25, 0.3) is 5.56 Å². The van der Waals surface area contributed by atoms with E-state index < -0.39 is 0 Å². The molecule has 0 aliphatic carbocycles. The van der Waals surface area contributed by atoms with Crippen LogP contribution >= 0.6 is 11.8 Å². The summed E-state index contributed by atoms with van der Waals surface area (Å²) in [7, 11) is 0. The molecule has 1 aliphatic heterocycles. The Bertz CT molecular complexity index is 578. The van der Waals surface area contributed by atoms with Crippen LogP contribution in [0.2, 0.25) is 0 Å². The highest BCUT2D eigenvalue weighted by Gasteiger charge is 2.25. The van der Waals surface area contributed by atoms with Crippen molar-refractivity contribution in [3.8, 4) is 0 Å². The van der Waals surface area contributed by atoms with Gasteiger partial charge in [0.2, 0.25) is 11.1 Å². The fourth-order valence-corrected chi connectivity index (χ4v) is 3.41. The Morgan fingerprint density at radius 2 is 1.95 bits per heavy atom. The van der Waals surface area contributed by atoms with Crippen LogP contribution < -0.4 is 11.4 Å². The smallest absolute Gasteiger partial charge is 0.294 e. The van der Waals surface area contributed by atoms with Crippen LogP contribution in [0.1, 0.15) is 26.0 Å². The molecule has 116 valence electrons. The van der Waals surface area contributed by atoms with Crippen LogP contribution in [0.15, 0.2) is 9.95 Å². The van der Waals surface area contributed by atoms with Gasteiger partial charge in [-0.2, -0.15) is 4.68 Å². The van der Waals surface area contributed by atoms with E-state index in [0.29, 0.717) is 11.8 Å². The summed E-state index contributed by atoms with van der Waals surface area (Å²) in [5.74, 6) is 6.96. The fraction of sp³-hybridized carbons (Fsp3) is 0.692. The minimum absolute atomic E-state index is 0.0493. The first-order valence-electron chi connectivity index (χ1n) is 7.00. The number of aryl methyl sites for hydroxylation is 1. The number of nitrogens with zero attached hydrogens (tertiary/aromatic N) is 4. The van der Waals surface area contributed by atoms with E-state index >= 15 is 0 Å². The number of hydrogen-bond donors (Lipinski definition) is 1. The molecule has 2 atom stereocenters. The molecule has 2 heterocycles. The summed E-state index contributed by atoms with van der Waals surface area (Å²) < 4.78 is 0.946. The van der Waals surface area contributed by atoms with Crippen LogP contribution in [-0.2, 0) is 4.79 Å². The second-order valence-electron chi connectivity index (χ2n) is 5.78. The molecule has 1 aromatic rings. The van der Waals surface area contributed by atoms with E-state index in [-0.39, 0.29) is 28.1 Å². The minimum Gasteiger partial charge on any atom is -0.341 e. The van der Waals surface area contributed by atoms with Crippen molar-refractivity contribution in [1.29, 1.82) is 0 Å². The van der Waals surface area contributed by atoms with Crippen LogP contribution in [0, 0.1) is 18.8 Å². The molecule has 1 aromatic heterocycles. The molecule has 1 fully saturated rings. The molecule has 0 spiro atoms. The molecule has 2 N–H and O–H groups in total. The van der Waals surface area contributed by atoms with Gasteiger partial charge >= 0.3 is 0 Å². The molecule has 0 unspecified atom stereocenters. The van der Waals surface area contributed by atoms with Crippen molar-refractivity contribution < 1.29 is 4.79 Å². The van der Waals surface area contributed by atoms with E-state index in [0.717, 1.165) is 35.9 Å². The van der Waals surface area contributed by atoms with Gasteiger partial charge in [0.05, 0.1) is 5.75 Å². The third-order valence-corrected chi connectivity index (χ3v) is 4.49. The molecule has 1 aliphatic rings. The largest absolute Gasteiger partial charge is 0.341 e. The summed E-state index contributed by atoms with van der Waals surface area (Å²) in [4.78, 5) is 25.8. The zero-order chi connectivity index (χ0) is 15.6. The third-order valence-electron chi connectivity index (χ3n) is 3.57. The van der Waals surface area contributed by atoms with Gasteiger partial charge < -0.3 is 10.7 Å². The van der Waals surface area contributed by atoms with Crippen molar-refractivity contribution in [2.24, 2.45) is 11.8 Å². The molecule has 0 saturated carbocycles. The number of carbonyl (C=O) groups is 1. The molecule has 21 heavy (non-hydrogen) atoms. The summed E-state index contributed by atoms with van der Waals surface area (Å²) >= 11 is 1.15. The summed E-state index contributed by atoms with van der Waals surface area (Å²) in [5, 5.41) is 7.87. The molecule has 0 radical (unpaired) electrons. The molecular weight excluding hydrogens is 290 g/mol. The lowest BCUT2D eigenvalue weighted by Gasteiger charge is -2.34. The molecule has 2 rings (SSSR count). The lowest BCUT2D eigenvalue weighted by Crippen LogP contribution is -2.43. The number of rotatable bonds is 3. The minimum atomic E-state index is -0.389. The number of nitrogens with two attached hydrogens (primary N) is 1. The topological polar surface area (TPSA) is 94.1 Å². The highest BCUT2D eigenvalue weighted by molar-refractivity contribution is 7.99. The molecule has 1 amide bonds. The molecule has 0 aromatic carbocycles. The van der Waals surface area contributed by atoms with Gasteiger partial charge in [0.15, 0.2) is 0 Å². The SMILES string of the molecule is Cc1nnc(SCC(=O)N2C[C@H](C)C[C@H](C)C2)n(N)c1=O. The summed E-state index contributed by atoms with van der Waals surface area (Å²) in [6.07, 6.45) is 1.16. The monoisotopic (exact) mass is 311 g/mol. The van der Waals surface area contributed by atoms with Crippen molar-refractivity contribution in [2.45, 2.75) is 32.3 Å². The first-order valence-corrected chi connectivity index (χ1v) is 7.99. The Morgan fingerprint density at radius 3 is 2.57 bits per heavy atom. The highest BCUT2D eigenvalue weighted by atomic mass is 32.2. The number of nitrogen functional groups attached to an aromatic ring is 1. The maximum Gasteiger partial charge on any atom is 0.294 e. The second-order valence-corrected chi connectivity index (χ2v) is 6.72. The van der Waals surface area contributed by atoms with E-state index in [1.54, 1.807) is 6.92 Å². The van der Waals surface area contributed by atoms with Crippen molar-refractivity contribution in [2.75, 3.05) is 24.7 Å². The van der Waals surface area contributed by atoms with Crippen molar-refractivity contribution in [3.05, 3.63) is 16.0 Å². The fourth-order valence-electron chi connectivity index (χ4n) is 2.65. The quantitative estimate of drug-likeness (QED) is 0.635. The Morgan fingerprint density at radius 1 is 1.33 bits per heavy atom. The van der Waals surface area contributed by atoms with Crippen LogP contribution in [-0.4, -0.2) is 44.5 Å². The van der Waals surface area contributed by atoms with Crippen LogP contribution in [0.3, 0.4) is 0 Å². The Kier molecular flexibility index (Phi) is 4.87. The average Bonchev–Trinajstić information content (AvgIpc) is 2.42. The zero-order valence-electron chi connectivity index (χ0n) is 12.6. The van der Waals surface area contributed by atoms with Gasteiger partial charge in [-0.25, -0.2) is 0 Å². The first kappa shape index (κ1) is 15.8. The number of hydrogen-bond acceptors (Lipinski definition) is 6. The normalized spacial score (nSPS) is 22.3. The summed E-state index contributed by atoms with van der Waals surface area (Å²) in [5.41, 5.74) is -0.146. The third kappa shape index (κ3) is 3.75. The van der Waals surface area contributed by atoms with Crippen LogP contribution in [0.4, 0.5) is 0 Å². The predicted octanol–water partition coefficient (Wildman–Crippen LogP) is 0.257. The van der Waals surface area contributed by atoms with E-state index in [9.17, 15) is 9.59 Å². The number of thioether (sulfide) groups is 1. The predicted molar refractivity (Wildman–Crippen MR) is 81.4 cm³/mol. The maximum absolute atomic E-state index is 12.3. The van der Waals surface area contributed by atoms with E-state index in [2.05, 4.69) is 24.0 Å². The van der Waals surface area contributed by atoms with Crippen molar-refractivity contribution in [3.63, 3.8) is 0 Å². The van der Waals surface area contributed by atoms with Crippen molar-refractivity contribution >= 4 is 17.7 Å². The molecule has 1 saturated heterocycles. The Labute approximate surface area is 127 Å². The summed E-state index contributed by atoms with van der Waals surface area (Å²) in [6, 6.07) is 0. The van der Waals surface area contributed by atoms with Gasteiger partial charge in [-0.15, -0.1) is 10.2 Å². The van der Waals surface area contributed by atoms with Crippen molar-refractivity contribution in [1.82, 2.24) is 19.8 Å².